The van der Waals surface area contributed by atoms with Gasteiger partial charge in [0.15, 0.2) is 5.76 Å². The molecule has 0 saturated carbocycles. The van der Waals surface area contributed by atoms with Crippen molar-refractivity contribution in [1.82, 2.24) is 10.2 Å². The Morgan fingerprint density at radius 2 is 1.66 bits per heavy atom. The lowest BCUT2D eigenvalue weighted by atomic mass is 9.93. The van der Waals surface area contributed by atoms with Gasteiger partial charge in [-0.15, -0.1) is 0 Å². The Balaban J connectivity index is 1.30. The standard InChI is InChI=1S/C30H33N3O5/c34-19-25(17-27-30(38)28(36)11-14-31-27)24-9-7-22(8-10-24)2-1-21-3-5-23(6-4-21)18-33-15-12-26(13-16-33)32-29(37)20-35/h3-10,14,25-26,34-35,38H,11-13,15-20H2,(H,32,37). The number of nitrogens with zero attached hydrogens (tertiary/aromatic N) is 2. The lowest BCUT2D eigenvalue weighted by molar-refractivity contribution is -0.124. The lowest BCUT2D eigenvalue weighted by Crippen LogP contribution is -2.45. The molecule has 0 bridgehead atoms. The predicted molar refractivity (Wildman–Crippen MR) is 145 cm³/mol. The number of likely N-dealkylation sites (tertiary alicyclic amines) is 1. The zero-order chi connectivity index (χ0) is 26.9. The van der Waals surface area contributed by atoms with Crippen molar-refractivity contribution in [3.05, 3.63) is 82.2 Å². The summed E-state index contributed by atoms with van der Waals surface area (Å²) >= 11 is 0. The number of allylic oxidation sites excluding steroid dienone is 2. The highest BCUT2D eigenvalue weighted by molar-refractivity contribution is 6.04. The van der Waals surface area contributed by atoms with Gasteiger partial charge >= 0.3 is 0 Å². The molecule has 198 valence electrons. The highest BCUT2D eigenvalue weighted by Crippen LogP contribution is 2.27. The fourth-order valence-electron chi connectivity index (χ4n) is 4.67. The van der Waals surface area contributed by atoms with Crippen molar-refractivity contribution in [1.29, 1.82) is 0 Å². The number of piperidine rings is 1. The van der Waals surface area contributed by atoms with Crippen molar-refractivity contribution in [2.24, 2.45) is 4.99 Å². The molecule has 1 unspecified atom stereocenters. The van der Waals surface area contributed by atoms with Gasteiger partial charge in [0.1, 0.15) is 6.61 Å². The second-order valence-electron chi connectivity index (χ2n) is 9.66. The van der Waals surface area contributed by atoms with Crippen LogP contribution in [0, 0.1) is 11.8 Å². The Labute approximate surface area is 222 Å². The number of ketones is 1. The van der Waals surface area contributed by atoms with Gasteiger partial charge in [-0.2, -0.15) is 0 Å². The van der Waals surface area contributed by atoms with Crippen LogP contribution < -0.4 is 5.32 Å². The SMILES string of the molecule is O=C(CO)NC1CCN(Cc2ccc(C#Cc3ccc(C(CO)CC4=C(O)C(=O)CC=N4)cc3)cc2)CC1. The van der Waals surface area contributed by atoms with Crippen molar-refractivity contribution >= 4 is 17.9 Å². The molecule has 0 radical (unpaired) electrons. The maximum absolute atomic E-state index is 11.7. The molecule has 2 aliphatic rings. The van der Waals surface area contributed by atoms with Crippen LogP contribution in [0.4, 0.5) is 0 Å². The summed E-state index contributed by atoms with van der Waals surface area (Å²) in [7, 11) is 0. The highest BCUT2D eigenvalue weighted by atomic mass is 16.3. The molecule has 0 aliphatic carbocycles. The van der Waals surface area contributed by atoms with Crippen LogP contribution >= 0.6 is 0 Å². The number of hydrogen-bond donors (Lipinski definition) is 4. The second kappa shape index (κ2) is 13.2. The summed E-state index contributed by atoms with van der Waals surface area (Å²) in [6.45, 7) is 2.05. The van der Waals surface area contributed by atoms with E-state index in [9.17, 15) is 19.8 Å². The summed E-state index contributed by atoms with van der Waals surface area (Å²) in [4.78, 5) is 29.6. The van der Waals surface area contributed by atoms with Crippen LogP contribution in [-0.4, -0.2) is 70.5 Å². The monoisotopic (exact) mass is 515 g/mol. The minimum Gasteiger partial charge on any atom is -0.503 e. The number of Topliss-reactive ketones (excluding diaryl/α,β-unsaturated/α-hetero) is 1. The molecule has 1 fully saturated rings. The molecule has 1 saturated heterocycles. The minimum atomic E-state index is -0.463. The average Bonchev–Trinajstić information content (AvgIpc) is 2.95. The number of rotatable bonds is 8. The number of nitrogens with one attached hydrogen (secondary N) is 1. The summed E-state index contributed by atoms with van der Waals surface area (Å²) in [6.07, 6.45) is 3.62. The molecule has 1 atom stereocenters. The van der Waals surface area contributed by atoms with E-state index in [1.54, 1.807) is 0 Å². The predicted octanol–water partition coefficient (Wildman–Crippen LogP) is 2.44. The Morgan fingerprint density at radius 3 is 2.26 bits per heavy atom. The second-order valence-corrected chi connectivity index (χ2v) is 9.66. The number of amides is 1. The van der Waals surface area contributed by atoms with E-state index in [2.05, 4.69) is 39.2 Å². The van der Waals surface area contributed by atoms with Crippen LogP contribution in [0.25, 0.3) is 0 Å². The molecule has 2 aromatic rings. The van der Waals surface area contributed by atoms with E-state index in [4.69, 9.17) is 5.11 Å². The summed E-state index contributed by atoms with van der Waals surface area (Å²) in [6, 6.07) is 15.9. The first-order valence-corrected chi connectivity index (χ1v) is 12.9. The molecule has 2 aliphatic heterocycles. The van der Waals surface area contributed by atoms with Crippen molar-refractivity contribution in [2.75, 3.05) is 26.3 Å². The van der Waals surface area contributed by atoms with E-state index in [1.165, 1.54) is 11.8 Å². The number of aliphatic hydroxyl groups is 3. The molecule has 8 nitrogen and oxygen atoms in total. The van der Waals surface area contributed by atoms with Crippen LogP contribution in [0.3, 0.4) is 0 Å². The Bertz CT molecular complexity index is 1250. The number of benzene rings is 2. The summed E-state index contributed by atoms with van der Waals surface area (Å²) in [5, 5.41) is 31.6. The first-order chi connectivity index (χ1) is 18.4. The molecule has 0 aromatic heterocycles. The molecule has 8 heteroatoms. The molecular formula is C30H33N3O5. The number of carbonyl (C=O) groups excluding carboxylic acids is 2. The molecule has 2 heterocycles. The first-order valence-electron chi connectivity index (χ1n) is 12.9. The maximum Gasteiger partial charge on any atom is 0.245 e. The maximum atomic E-state index is 11.7. The van der Waals surface area contributed by atoms with Crippen LogP contribution in [0.1, 0.15) is 53.9 Å². The first kappa shape index (κ1) is 27.3. The van der Waals surface area contributed by atoms with Crippen LogP contribution in [-0.2, 0) is 16.1 Å². The smallest absolute Gasteiger partial charge is 0.245 e. The average molecular weight is 516 g/mol. The summed E-state index contributed by atoms with van der Waals surface area (Å²) in [5.41, 5.74) is 4.16. The zero-order valence-electron chi connectivity index (χ0n) is 21.3. The quantitative estimate of drug-likeness (QED) is 0.401. The summed E-state index contributed by atoms with van der Waals surface area (Å²) < 4.78 is 0. The molecule has 4 N–H and O–H groups in total. The van der Waals surface area contributed by atoms with E-state index in [1.807, 2.05) is 36.4 Å². The van der Waals surface area contributed by atoms with Crippen molar-refractivity contribution in [3.8, 4) is 11.8 Å². The van der Waals surface area contributed by atoms with Crippen molar-refractivity contribution in [3.63, 3.8) is 0 Å². The van der Waals surface area contributed by atoms with Gasteiger partial charge in [-0.1, -0.05) is 36.1 Å². The fraction of sp³-hybridized carbons (Fsp3) is 0.367. The van der Waals surface area contributed by atoms with E-state index < -0.39 is 6.61 Å². The third-order valence-electron chi connectivity index (χ3n) is 6.91. The third-order valence-corrected chi connectivity index (χ3v) is 6.91. The van der Waals surface area contributed by atoms with Gasteiger partial charge in [-0.3, -0.25) is 19.5 Å². The number of carbonyl (C=O) groups is 2. The zero-order valence-corrected chi connectivity index (χ0v) is 21.3. The third kappa shape index (κ3) is 7.39. The Morgan fingerprint density at radius 1 is 1.03 bits per heavy atom. The van der Waals surface area contributed by atoms with E-state index in [0.29, 0.717) is 5.70 Å². The number of aliphatic hydroxyl groups excluding tert-OH is 3. The van der Waals surface area contributed by atoms with E-state index in [-0.39, 0.29) is 48.9 Å². The van der Waals surface area contributed by atoms with E-state index in [0.717, 1.165) is 49.2 Å². The van der Waals surface area contributed by atoms with Gasteiger partial charge in [-0.05, 0) is 48.2 Å². The normalized spacial score (nSPS) is 17.2. The van der Waals surface area contributed by atoms with Gasteiger partial charge in [0, 0.05) is 61.8 Å². The molecule has 2 aromatic carbocycles. The van der Waals surface area contributed by atoms with Gasteiger partial charge in [0.25, 0.3) is 0 Å². The van der Waals surface area contributed by atoms with Crippen molar-refractivity contribution < 1.29 is 24.9 Å². The molecule has 4 rings (SSSR count). The summed E-state index contributed by atoms with van der Waals surface area (Å²) in [5.74, 6) is 5.11. The highest BCUT2D eigenvalue weighted by Gasteiger charge is 2.22. The van der Waals surface area contributed by atoms with E-state index >= 15 is 0 Å². The number of hydrogen-bond acceptors (Lipinski definition) is 7. The number of aliphatic imine (C=N–C) groups is 1. The van der Waals surface area contributed by atoms with Gasteiger partial charge < -0.3 is 20.6 Å². The van der Waals surface area contributed by atoms with Crippen LogP contribution in [0.15, 0.2) is 65.0 Å². The topological polar surface area (TPSA) is 122 Å². The molecule has 38 heavy (non-hydrogen) atoms. The van der Waals surface area contributed by atoms with Gasteiger partial charge in [-0.25, -0.2) is 0 Å². The van der Waals surface area contributed by atoms with Gasteiger partial charge in [0.2, 0.25) is 11.7 Å². The largest absolute Gasteiger partial charge is 0.503 e. The van der Waals surface area contributed by atoms with Gasteiger partial charge in [0.05, 0.1) is 12.3 Å². The molecule has 0 spiro atoms. The van der Waals surface area contributed by atoms with Crippen LogP contribution in [0.5, 0.6) is 0 Å². The molecule has 1 amide bonds. The van der Waals surface area contributed by atoms with Crippen molar-refractivity contribution in [2.45, 2.75) is 44.2 Å². The fourth-order valence-corrected chi connectivity index (χ4v) is 4.67. The Hall–Kier alpha value is -3.77. The Kier molecular flexibility index (Phi) is 9.44. The minimum absolute atomic E-state index is 0.1000. The lowest BCUT2D eigenvalue weighted by Gasteiger charge is -2.32. The molecular weight excluding hydrogens is 482 g/mol. The van der Waals surface area contributed by atoms with Crippen LogP contribution in [0.2, 0.25) is 0 Å².